The van der Waals surface area contributed by atoms with E-state index in [9.17, 15) is 14.4 Å². The zero-order valence-corrected chi connectivity index (χ0v) is 22.7. The molecule has 3 N–H and O–H groups in total. The van der Waals surface area contributed by atoms with Crippen LogP contribution in [0.4, 0.5) is 10.5 Å². The van der Waals surface area contributed by atoms with Crippen LogP contribution in [0.5, 0.6) is 0 Å². The molecule has 37 heavy (non-hydrogen) atoms. The number of ether oxygens (including phenoxy) is 1. The third kappa shape index (κ3) is 7.58. The van der Waals surface area contributed by atoms with E-state index in [0.717, 1.165) is 55.6 Å². The molecular weight excluding hydrogens is 468 g/mol. The van der Waals surface area contributed by atoms with Gasteiger partial charge in [0.15, 0.2) is 0 Å². The number of benzene rings is 1. The summed E-state index contributed by atoms with van der Waals surface area (Å²) in [6.07, 6.45) is 5.08. The fraction of sp³-hybridized carbons (Fsp3) is 0.586. The minimum Gasteiger partial charge on any atom is -0.444 e. The van der Waals surface area contributed by atoms with Gasteiger partial charge < -0.3 is 20.4 Å². The molecule has 1 heterocycles. The lowest BCUT2D eigenvalue weighted by molar-refractivity contribution is -0.125. The molecule has 200 valence electrons. The lowest BCUT2D eigenvalue weighted by Gasteiger charge is -2.52. The van der Waals surface area contributed by atoms with Crippen molar-refractivity contribution in [3.63, 3.8) is 0 Å². The van der Waals surface area contributed by atoms with Gasteiger partial charge >= 0.3 is 6.09 Å². The van der Waals surface area contributed by atoms with Crippen LogP contribution in [-0.4, -0.2) is 54.8 Å². The summed E-state index contributed by atoms with van der Waals surface area (Å²) < 4.78 is 5.49. The van der Waals surface area contributed by atoms with Gasteiger partial charge in [-0.2, -0.15) is 0 Å². The molecule has 1 saturated heterocycles. The molecule has 0 aromatic heterocycles. The van der Waals surface area contributed by atoms with Gasteiger partial charge in [-0.25, -0.2) is 4.79 Å². The minimum atomic E-state index is -0.465. The van der Waals surface area contributed by atoms with Gasteiger partial charge in [0.05, 0.1) is 0 Å². The Balaban J connectivity index is 1.53. The average molecular weight is 509 g/mol. The van der Waals surface area contributed by atoms with Crippen LogP contribution < -0.4 is 10.6 Å². The van der Waals surface area contributed by atoms with Crippen molar-refractivity contribution in [3.8, 4) is 11.8 Å². The van der Waals surface area contributed by atoms with Gasteiger partial charge in [0.1, 0.15) is 5.60 Å². The largest absolute Gasteiger partial charge is 0.444 e. The first-order chi connectivity index (χ1) is 17.4. The Morgan fingerprint density at radius 1 is 1.27 bits per heavy atom. The number of likely N-dealkylation sites (tertiary alicyclic amines) is 1. The number of imide groups is 1. The van der Waals surface area contributed by atoms with Crippen molar-refractivity contribution < 1.29 is 19.1 Å². The molecule has 3 rings (SSSR count). The molecule has 1 aliphatic heterocycles. The lowest BCUT2D eigenvalue weighted by Crippen LogP contribution is -2.60. The van der Waals surface area contributed by atoms with E-state index in [1.165, 1.54) is 0 Å². The first-order valence-electron chi connectivity index (χ1n) is 13.1. The quantitative estimate of drug-likeness (QED) is 0.284. The molecule has 1 atom stereocenters. The number of carbonyl (C=O) groups excluding carboxylic acids is 3. The number of nitrogens with zero attached hydrogens (tertiary/aromatic N) is 1. The van der Waals surface area contributed by atoms with Crippen molar-refractivity contribution in [1.29, 1.82) is 5.41 Å². The summed E-state index contributed by atoms with van der Waals surface area (Å²) in [4.78, 5) is 36.0. The SMILES string of the molecule is CNc1cc(C#CC2CCC3(CC2)CN(C(=O)OC(C)(C)C)C3)ccc1C(=N)C(C)CCC(=O)NC=O. The molecule has 1 aliphatic carbocycles. The predicted molar refractivity (Wildman–Crippen MR) is 144 cm³/mol. The number of hydrogen-bond donors (Lipinski definition) is 3. The number of amides is 3. The molecule has 1 spiro atoms. The third-order valence-electron chi connectivity index (χ3n) is 7.27. The molecule has 1 aromatic rings. The van der Waals surface area contributed by atoms with Crippen molar-refractivity contribution in [3.05, 3.63) is 29.3 Å². The highest BCUT2D eigenvalue weighted by Crippen LogP contribution is 2.45. The maximum atomic E-state index is 12.3. The summed E-state index contributed by atoms with van der Waals surface area (Å²) in [5.41, 5.74) is 2.73. The Labute approximate surface area is 220 Å². The zero-order chi connectivity index (χ0) is 27.2. The van der Waals surface area contributed by atoms with Crippen molar-refractivity contribution in [2.24, 2.45) is 17.3 Å². The van der Waals surface area contributed by atoms with Gasteiger partial charge in [-0.15, -0.1) is 0 Å². The third-order valence-corrected chi connectivity index (χ3v) is 7.27. The highest BCUT2D eigenvalue weighted by molar-refractivity contribution is 6.04. The molecule has 3 amide bonds. The van der Waals surface area contributed by atoms with Crippen LogP contribution >= 0.6 is 0 Å². The monoisotopic (exact) mass is 508 g/mol. The van der Waals surface area contributed by atoms with Crippen LogP contribution in [0.25, 0.3) is 0 Å². The fourth-order valence-corrected chi connectivity index (χ4v) is 5.05. The number of carbonyl (C=O) groups is 3. The van der Waals surface area contributed by atoms with Crippen molar-refractivity contribution >= 4 is 29.8 Å². The number of rotatable bonds is 7. The van der Waals surface area contributed by atoms with E-state index in [0.29, 0.717) is 24.5 Å². The standard InChI is InChI=1S/C29H40N4O4/c1-20(6-11-25(35)32-19-34)26(30)23-10-9-22(16-24(23)31-5)8-7-21-12-14-29(15-13-21)17-33(18-29)27(36)37-28(2,3)4/h9-10,16,19-21,30-31H,6,11-15,17-18H2,1-5H3,(H,32,34,35). The van der Waals surface area contributed by atoms with E-state index in [-0.39, 0.29) is 29.8 Å². The van der Waals surface area contributed by atoms with Crippen LogP contribution in [0.15, 0.2) is 18.2 Å². The Morgan fingerprint density at radius 2 is 1.95 bits per heavy atom. The fourth-order valence-electron chi connectivity index (χ4n) is 5.05. The average Bonchev–Trinajstić information content (AvgIpc) is 2.83. The second kappa shape index (κ2) is 11.8. The van der Waals surface area contributed by atoms with Gasteiger partial charge in [-0.05, 0) is 77.0 Å². The number of hydrogen-bond acceptors (Lipinski definition) is 6. The predicted octanol–water partition coefficient (Wildman–Crippen LogP) is 4.56. The second-order valence-corrected chi connectivity index (χ2v) is 11.4. The molecule has 0 radical (unpaired) electrons. The molecule has 1 saturated carbocycles. The molecule has 8 heteroatoms. The Kier molecular flexibility index (Phi) is 9.01. The summed E-state index contributed by atoms with van der Waals surface area (Å²) in [7, 11) is 1.82. The van der Waals surface area contributed by atoms with E-state index >= 15 is 0 Å². The van der Waals surface area contributed by atoms with Gasteiger partial charge in [-0.1, -0.05) is 18.8 Å². The normalized spacial score (nSPS) is 17.6. The Bertz CT molecular complexity index is 1080. The molecule has 2 fully saturated rings. The summed E-state index contributed by atoms with van der Waals surface area (Å²) in [6, 6.07) is 5.83. The highest BCUT2D eigenvalue weighted by Gasteiger charge is 2.47. The van der Waals surface area contributed by atoms with Gasteiger partial charge in [-0.3, -0.25) is 14.9 Å². The van der Waals surface area contributed by atoms with Crippen molar-refractivity contribution in [1.82, 2.24) is 10.2 Å². The zero-order valence-electron chi connectivity index (χ0n) is 22.7. The lowest BCUT2D eigenvalue weighted by atomic mass is 9.66. The van der Waals surface area contributed by atoms with E-state index in [2.05, 4.69) is 22.5 Å². The topological polar surface area (TPSA) is 112 Å². The van der Waals surface area contributed by atoms with Gasteiger partial charge in [0.25, 0.3) is 0 Å². The molecule has 8 nitrogen and oxygen atoms in total. The summed E-state index contributed by atoms with van der Waals surface area (Å²) in [5, 5.41) is 13.9. The van der Waals surface area contributed by atoms with Crippen LogP contribution in [0.1, 0.15) is 77.3 Å². The summed E-state index contributed by atoms with van der Waals surface area (Å²) >= 11 is 0. The maximum Gasteiger partial charge on any atom is 0.410 e. The summed E-state index contributed by atoms with van der Waals surface area (Å²) in [6.45, 7) is 9.14. The first-order valence-corrected chi connectivity index (χ1v) is 13.1. The first kappa shape index (κ1) is 28.2. The van der Waals surface area contributed by atoms with E-state index in [1.807, 2.05) is 57.8 Å². The Hall–Kier alpha value is -3.34. The number of nitrogens with one attached hydrogen (secondary N) is 3. The van der Waals surface area contributed by atoms with Crippen LogP contribution in [0.3, 0.4) is 0 Å². The van der Waals surface area contributed by atoms with Crippen LogP contribution in [0.2, 0.25) is 0 Å². The highest BCUT2D eigenvalue weighted by atomic mass is 16.6. The van der Waals surface area contributed by atoms with E-state index in [1.54, 1.807) is 0 Å². The second-order valence-electron chi connectivity index (χ2n) is 11.4. The summed E-state index contributed by atoms with van der Waals surface area (Å²) in [5.74, 6) is 6.65. The van der Waals surface area contributed by atoms with Crippen LogP contribution in [0, 0.1) is 34.5 Å². The minimum absolute atomic E-state index is 0.131. The Morgan fingerprint density at radius 3 is 2.54 bits per heavy atom. The van der Waals surface area contributed by atoms with Crippen molar-refractivity contribution in [2.45, 2.75) is 71.8 Å². The molecule has 1 aromatic carbocycles. The van der Waals surface area contributed by atoms with Crippen molar-refractivity contribution in [2.75, 3.05) is 25.5 Å². The van der Waals surface area contributed by atoms with Crippen LogP contribution in [-0.2, 0) is 14.3 Å². The molecular formula is C29H40N4O4. The number of anilines is 1. The van der Waals surface area contributed by atoms with Gasteiger partial charge in [0.2, 0.25) is 12.3 Å². The van der Waals surface area contributed by atoms with E-state index in [4.69, 9.17) is 10.1 Å². The maximum absolute atomic E-state index is 12.3. The smallest absolute Gasteiger partial charge is 0.410 e. The molecule has 2 aliphatic rings. The molecule has 0 bridgehead atoms. The van der Waals surface area contributed by atoms with Gasteiger partial charge in [0, 0.05) is 60.4 Å². The molecule has 1 unspecified atom stereocenters. The van der Waals surface area contributed by atoms with E-state index < -0.39 is 5.60 Å².